The molecule has 0 saturated carbocycles. The highest BCUT2D eigenvalue weighted by molar-refractivity contribution is 5.26. The van der Waals surface area contributed by atoms with Gasteiger partial charge in [-0.05, 0) is 23.8 Å². The van der Waals surface area contributed by atoms with Gasteiger partial charge in [-0.2, -0.15) is 13.2 Å². The fraction of sp³-hybridized carbons (Fsp3) is 0.455. The average molecular weight is 249 g/mol. The van der Waals surface area contributed by atoms with Crippen LogP contribution in [0.5, 0.6) is 0 Å². The summed E-state index contributed by atoms with van der Waals surface area (Å²) in [5.74, 6) is -0.874. The van der Waals surface area contributed by atoms with Gasteiger partial charge in [0.2, 0.25) is 0 Å². The molecule has 1 fully saturated rings. The van der Waals surface area contributed by atoms with Gasteiger partial charge < -0.3 is 10.1 Å². The molecule has 0 aliphatic carbocycles. The molecule has 0 bridgehead atoms. The molecule has 1 aliphatic heterocycles. The van der Waals surface area contributed by atoms with E-state index in [1.54, 1.807) is 0 Å². The second-order valence-electron chi connectivity index (χ2n) is 3.96. The Morgan fingerprint density at radius 3 is 2.47 bits per heavy atom. The van der Waals surface area contributed by atoms with Crippen LogP contribution < -0.4 is 5.32 Å². The summed E-state index contributed by atoms with van der Waals surface area (Å²) in [5, 5.41) is 2.98. The molecule has 94 valence electrons. The van der Waals surface area contributed by atoms with Crippen molar-refractivity contribution in [2.45, 2.75) is 18.8 Å². The number of halogens is 4. The zero-order valence-corrected chi connectivity index (χ0v) is 8.85. The van der Waals surface area contributed by atoms with Crippen LogP contribution in [0.3, 0.4) is 0 Å². The highest BCUT2D eigenvalue weighted by Gasteiger charge is 2.31. The average Bonchev–Trinajstić information content (AvgIpc) is 2.13. The maximum absolute atomic E-state index is 13.0. The molecule has 1 aliphatic rings. The number of ether oxygens (including phenoxy) is 1. The number of benzene rings is 1. The molecule has 0 aromatic heterocycles. The number of alkyl halides is 3. The minimum absolute atomic E-state index is 0.146. The molecule has 2 nitrogen and oxygen atoms in total. The van der Waals surface area contributed by atoms with Crippen LogP contribution in [-0.2, 0) is 17.5 Å². The second-order valence-corrected chi connectivity index (χ2v) is 3.96. The van der Waals surface area contributed by atoms with Crippen molar-refractivity contribution < 1.29 is 22.3 Å². The number of nitrogens with one attached hydrogen (secondary N) is 1. The number of rotatable bonds is 3. The summed E-state index contributed by atoms with van der Waals surface area (Å²) in [5.41, 5.74) is -0.677. The molecule has 1 aromatic rings. The van der Waals surface area contributed by atoms with Crippen LogP contribution in [0.15, 0.2) is 18.2 Å². The van der Waals surface area contributed by atoms with Crippen molar-refractivity contribution in [2.24, 2.45) is 0 Å². The van der Waals surface area contributed by atoms with Crippen molar-refractivity contribution in [3.05, 3.63) is 35.1 Å². The van der Waals surface area contributed by atoms with E-state index >= 15 is 0 Å². The summed E-state index contributed by atoms with van der Waals surface area (Å²) < 4.78 is 55.2. The summed E-state index contributed by atoms with van der Waals surface area (Å²) in [6.07, 6.45) is -4.52. The summed E-state index contributed by atoms with van der Waals surface area (Å²) in [6, 6.07) is 2.69. The molecule has 2 rings (SSSR count). The zero-order chi connectivity index (χ0) is 12.5. The quantitative estimate of drug-likeness (QED) is 0.830. The third-order valence-electron chi connectivity index (χ3n) is 2.52. The van der Waals surface area contributed by atoms with E-state index in [1.165, 1.54) is 0 Å². The Hall–Kier alpha value is -1.14. The SMILES string of the molecule is Fc1cc(CNC2COC2)cc(C(F)(F)F)c1. The minimum Gasteiger partial charge on any atom is -0.378 e. The van der Waals surface area contributed by atoms with E-state index in [9.17, 15) is 17.6 Å². The van der Waals surface area contributed by atoms with Crippen LogP contribution >= 0.6 is 0 Å². The largest absolute Gasteiger partial charge is 0.416 e. The van der Waals surface area contributed by atoms with Crippen molar-refractivity contribution in [3.63, 3.8) is 0 Å². The fourth-order valence-corrected chi connectivity index (χ4v) is 1.53. The van der Waals surface area contributed by atoms with E-state index in [4.69, 9.17) is 4.74 Å². The third kappa shape index (κ3) is 3.17. The Balaban J connectivity index is 2.08. The molecule has 1 saturated heterocycles. The Morgan fingerprint density at radius 2 is 1.94 bits per heavy atom. The van der Waals surface area contributed by atoms with E-state index in [2.05, 4.69) is 5.32 Å². The molecule has 1 N–H and O–H groups in total. The van der Waals surface area contributed by atoms with Crippen molar-refractivity contribution >= 4 is 0 Å². The van der Waals surface area contributed by atoms with Crippen molar-refractivity contribution in [1.29, 1.82) is 0 Å². The topological polar surface area (TPSA) is 21.3 Å². The highest BCUT2D eigenvalue weighted by Crippen LogP contribution is 2.30. The van der Waals surface area contributed by atoms with Gasteiger partial charge in [-0.25, -0.2) is 4.39 Å². The van der Waals surface area contributed by atoms with Crippen LogP contribution in [-0.4, -0.2) is 19.3 Å². The van der Waals surface area contributed by atoms with Gasteiger partial charge >= 0.3 is 6.18 Å². The molecule has 0 amide bonds. The Labute approximate surface area is 95.6 Å². The Morgan fingerprint density at radius 1 is 1.24 bits per heavy atom. The molecule has 17 heavy (non-hydrogen) atoms. The molecule has 0 radical (unpaired) electrons. The highest BCUT2D eigenvalue weighted by atomic mass is 19.4. The lowest BCUT2D eigenvalue weighted by molar-refractivity contribution is -0.137. The van der Waals surface area contributed by atoms with Gasteiger partial charge in [0, 0.05) is 6.54 Å². The summed E-state index contributed by atoms with van der Waals surface area (Å²) in [7, 11) is 0. The molecule has 1 aromatic carbocycles. The second kappa shape index (κ2) is 4.62. The smallest absolute Gasteiger partial charge is 0.378 e. The molecule has 0 atom stereocenters. The van der Waals surface area contributed by atoms with Gasteiger partial charge in [0.15, 0.2) is 0 Å². The van der Waals surface area contributed by atoms with Gasteiger partial charge in [-0.15, -0.1) is 0 Å². The third-order valence-corrected chi connectivity index (χ3v) is 2.52. The van der Waals surface area contributed by atoms with Crippen LogP contribution in [0.25, 0.3) is 0 Å². The predicted molar refractivity (Wildman–Crippen MR) is 52.8 cm³/mol. The van der Waals surface area contributed by atoms with E-state index in [0.29, 0.717) is 19.3 Å². The minimum atomic E-state index is -4.52. The van der Waals surface area contributed by atoms with Gasteiger partial charge in [0.05, 0.1) is 24.8 Å². The first-order valence-corrected chi connectivity index (χ1v) is 5.13. The zero-order valence-electron chi connectivity index (χ0n) is 8.85. The number of hydrogen-bond acceptors (Lipinski definition) is 2. The first-order chi connectivity index (χ1) is 7.95. The van der Waals surface area contributed by atoms with Gasteiger partial charge in [0.25, 0.3) is 0 Å². The van der Waals surface area contributed by atoms with Crippen molar-refractivity contribution in [2.75, 3.05) is 13.2 Å². The molecule has 1 heterocycles. The van der Waals surface area contributed by atoms with Crippen LogP contribution in [0.4, 0.5) is 17.6 Å². The van der Waals surface area contributed by atoms with E-state index < -0.39 is 17.6 Å². The molecular weight excluding hydrogens is 238 g/mol. The summed E-state index contributed by atoms with van der Waals surface area (Å²) >= 11 is 0. The molecule has 0 spiro atoms. The molecular formula is C11H11F4NO. The van der Waals surface area contributed by atoms with Crippen LogP contribution in [0, 0.1) is 5.82 Å². The first-order valence-electron chi connectivity index (χ1n) is 5.13. The fourth-order valence-electron chi connectivity index (χ4n) is 1.53. The van der Waals surface area contributed by atoms with Crippen LogP contribution in [0.1, 0.15) is 11.1 Å². The normalized spacial score (nSPS) is 16.9. The summed E-state index contributed by atoms with van der Waals surface area (Å²) in [6.45, 7) is 1.29. The first kappa shape index (κ1) is 12.3. The van der Waals surface area contributed by atoms with Gasteiger partial charge in [-0.3, -0.25) is 0 Å². The monoisotopic (exact) mass is 249 g/mol. The Kier molecular flexibility index (Phi) is 3.35. The van der Waals surface area contributed by atoms with Crippen molar-refractivity contribution in [1.82, 2.24) is 5.32 Å². The maximum atomic E-state index is 13.0. The lowest BCUT2D eigenvalue weighted by atomic mass is 10.1. The van der Waals surface area contributed by atoms with E-state index in [1.807, 2.05) is 0 Å². The van der Waals surface area contributed by atoms with Gasteiger partial charge in [0.1, 0.15) is 5.82 Å². The number of hydrogen-bond donors (Lipinski definition) is 1. The predicted octanol–water partition coefficient (Wildman–Crippen LogP) is 2.33. The standard InChI is InChI=1S/C11H11F4NO/c12-9-2-7(4-16-10-5-17-6-10)1-8(3-9)11(13,14)15/h1-3,10,16H,4-6H2. The maximum Gasteiger partial charge on any atom is 0.416 e. The Bertz CT molecular complexity index is 401. The van der Waals surface area contributed by atoms with Crippen LogP contribution in [0.2, 0.25) is 0 Å². The van der Waals surface area contributed by atoms with E-state index in [-0.39, 0.29) is 18.2 Å². The molecule has 6 heteroatoms. The van der Waals surface area contributed by atoms with Crippen molar-refractivity contribution in [3.8, 4) is 0 Å². The summed E-state index contributed by atoms with van der Waals surface area (Å²) in [4.78, 5) is 0. The lowest BCUT2D eigenvalue weighted by Gasteiger charge is -2.27. The van der Waals surface area contributed by atoms with E-state index in [0.717, 1.165) is 12.1 Å². The molecule has 0 unspecified atom stereocenters. The lowest BCUT2D eigenvalue weighted by Crippen LogP contribution is -2.45. The van der Waals surface area contributed by atoms with Gasteiger partial charge in [-0.1, -0.05) is 0 Å².